The fourth-order valence-corrected chi connectivity index (χ4v) is 4.04. The maximum Gasteiger partial charge on any atom is 0.573 e. The largest absolute Gasteiger partial charge is 0.573 e. The minimum atomic E-state index is -4.94. The van der Waals surface area contributed by atoms with E-state index < -0.39 is 48.2 Å². The average Bonchev–Trinajstić information content (AvgIpc) is 2.83. The number of amides is 1. The lowest BCUT2D eigenvalue weighted by atomic mass is 10.00. The molecule has 3 rings (SSSR count). The number of benzene rings is 3. The Morgan fingerprint density at radius 1 is 0.947 bits per heavy atom. The van der Waals surface area contributed by atoms with Gasteiger partial charge < -0.3 is 20.5 Å². The van der Waals surface area contributed by atoms with E-state index in [0.29, 0.717) is 12.6 Å². The minimum Gasteiger partial charge on any atom is -0.405 e. The number of aryl methyl sites for hydroxylation is 1. The second-order valence-electron chi connectivity index (χ2n) is 8.86. The van der Waals surface area contributed by atoms with Crippen molar-refractivity contribution >= 4 is 5.91 Å². The number of carbonyl (C=O) groups is 1. The van der Waals surface area contributed by atoms with E-state index in [1.165, 1.54) is 18.2 Å². The summed E-state index contributed by atoms with van der Waals surface area (Å²) in [5.41, 5.74) is 2.33. The van der Waals surface area contributed by atoms with E-state index in [4.69, 9.17) is 0 Å². The lowest BCUT2D eigenvalue weighted by Crippen LogP contribution is -2.49. The van der Waals surface area contributed by atoms with Gasteiger partial charge in [-0.1, -0.05) is 49.4 Å². The van der Waals surface area contributed by atoms with Gasteiger partial charge in [0.1, 0.15) is 17.4 Å². The van der Waals surface area contributed by atoms with Gasteiger partial charge in [0, 0.05) is 24.7 Å². The first-order chi connectivity index (χ1) is 18.0. The number of nitrogens with one attached hydrogen (secondary N) is 2. The molecule has 204 valence electrons. The smallest absolute Gasteiger partial charge is 0.405 e. The summed E-state index contributed by atoms with van der Waals surface area (Å²) >= 11 is 0. The highest BCUT2D eigenvalue weighted by Gasteiger charge is 2.32. The molecule has 0 saturated carbocycles. The number of para-hydroxylation sites is 1. The number of ether oxygens (including phenoxy) is 1. The van der Waals surface area contributed by atoms with Crippen LogP contribution in [0.1, 0.15) is 29.2 Å². The second-order valence-corrected chi connectivity index (χ2v) is 8.86. The number of hydrogen-bond donors (Lipinski definition) is 3. The van der Waals surface area contributed by atoms with Crippen molar-refractivity contribution in [3.05, 3.63) is 101 Å². The molecular formula is C28H29F5N2O3. The van der Waals surface area contributed by atoms with Crippen molar-refractivity contribution in [1.82, 2.24) is 10.6 Å². The number of halogens is 5. The molecule has 0 bridgehead atoms. The molecule has 0 radical (unpaired) electrons. The predicted molar refractivity (Wildman–Crippen MR) is 132 cm³/mol. The van der Waals surface area contributed by atoms with Crippen molar-refractivity contribution in [2.75, 3.05) is 6.54 Å². The number of alkyl halides is 3. The molecule has 5 nitrogen and oxygen atoms in total. The van der Waals surface area contributed by atoms with Crippen molar-refractivity contribution < 1.29 is 36.6 Å². The van der Waals surface area contributed by atoms with Crippen molar-refractivity contribution in [1.29, 1.82) is 0 Å². The van der Waals surface area contributed by atoms with Gasteiger partial charge in [0.2, 0.25) is 5.91 Å². The Hall–Kier alpha value is -3.50. The quantitative estimate of drug-likeness (QED) is 0.290. The van der Waals surface area contributed by atoms with Crippen LogP contribution in [0.25, 0.3) is 0 Å². The molecule has 3 aromatic rings. The molecule has 2 atom stereocenters. The Bertz CT molecular complexity index is 1200. The number of aliphatic hydroxyl groups is 1. The van der Waals surface area contributed by atoms with Crippen LogP contribution in [0, 0.1) is 11.6 Å². The van der Waals surface area contributed by atoms with E-state index in [1.807, 2.05) is 31.2 Å². The predicted octanol–water partition coefficient (Wildman–Crippen LogP) is 4.85. The summed E-state index contributed by atoms with van der Waals surface area (Å²) in [6, 6.07) is 15.0. The van der Waals surface area contributed by atoms with Crippen LogP contribution in [0.2, 0.25) is 0 Å². The monoisotopic (exact) mass is 536 g/mol. The van der Waals surface area contributed by atoms with Crippen LogP contribution in [0.4, 0.5) is 22.0 Å². The van der Waals surface area contributed by atoms with Crippen molar-refractivity contribution in [3.8, 4) is 5.75 Å². The molecule has 0 fully saturated rings. The molecule has 3 N–H and O–H groups in total. The third kappa shape index (κ3) is 9.42. The molecule has 38 heavy (non-hydrogen) atoms. The number of carbonyl (C=O) groups excluding carboxylic acids is 1. The van der Waals surface area contributed by atoms with Crippen LogP contribution in [0.3, 0.4) is 0 Å². The number of rotatable bonds is 12. The molecule has 0 aliphatic rings. The normalized spacial score (nSPS) is 13.1. The van der Waals surface area contributed by atoms with Gasteiger partial charge in [-0.2, -0.15) is 0 Å². The Labute approximate surface area is 217 Å². The minimum absolute atomic E-state index is 0.0127. The Morgan fingerprint density at radius 3 is 2.32 bits per heavy atom. The van der Waals surface area contributed by atoms with E-state index in [9.17, 15) is 31.9 Å². The van der Waals surface area contributed by atoms with E-state index >= 15 is 0 Å². The average molecular weight is 537 g/mol. The van der Waals surface area contributed by atoms with Crippen molar-refractivity contribution in [3.63, 3.8) is 0 Å². The van der Waals surface area contributed by atoms with Gasteiger partial charge in [-0.25, -0.2) is 8.78 Å². The fraction of sp³-hybridized carbons (Fsp3) is 0.321. The first kappa shape index (κ1) is 29.1. The molecule has 1 amide bonds. The molecule has 0 aliphatic carbocycles. The highest BCUT2D eigenvalue weighted by atomic mass is 19.4. The summed E-state index contributed by atoms with van der Waals surface area (Å²) in [7, 11) is 0. The zero-order valence-electron chi connectivity index (χ0n) is 20.7. The SMILES string of the molecule is CCc1cccc(CNCC(O)C(Cc2cc(F)cc(F)c2)NC(=O)Cc2ccccc2OC(F)(F)F)c1. The van der Waals surface area contributed by atoms with Crippen LogP contribution < -0.4 is 15.4 Å². The van der Waals surface area contributed by atoms with Gasteiger partial charge >= 0.3 is 6.36 Å². The third-order valence-corrected chi connectivity index (χ3v) is 5.82. The van der Waals surface area contributed by atoms with Gasteiger partial charge in [-0.15, -0.1) is 13.2 Å². The first-order valence-corrected chi connectivity index (χ1v) is 12.1. The third-order valence-electron chi connectivity index (χ3n) is 5.82. The number of hydrogen-bond acceptors (Lipinski definition) is 4. The molecule has 0 saturated heterocycles. The summed E-state index contributed by atoms with van der Waals surface area (Å²) in [6.45, 7) is 2.50. The molecule has 0 heterocycles. The summed E-state index contributed by atoms with van der Waals surface area (Å²) in [5.74, 6) is -2.84. The molecule has 0 aromatic heterocycles. The molecule has 3 aromatic carbocycles. The molecule has 2 unspecified atom stereocenters. The van der Waals surface area contributed by atoms with Gasteiger partial charge in [0.05, 0.1) is 18.6 Å². The van der Waals surface area contributed by atoms with Gasteiger partial charge in [0.15, 0.2) is 0 Å². The summed E-state index contributed by atoms with van der Waals surface area (Å²) in [5, 5.41) is 16.6. The maximum absolute atomic E-state index is 13.8. The lowest BCUT2D eigenvalue weighted by Gasteiger charge is -2.25. The van der Waals surface area contributed by atoms with Crippen LogP contribution in [0.5, 0.6) is 5.75 Å². The van der Waals surface area contributed by atoms with Crippen LogP contribution >= 0.6 is 0 Å². The van der Waals surface area contributed by atoms with E-state index in [1.54, 1.807) is 0 Å². The maximum atomic E-state index is 13.8. The topological polar surface area (TPSA) is 70.6 Å². The number of aliphatic hydroxyl groups excluding tert-OH is 1. The summed E-state index contributed by atoms with van der Waals surface area (Å²) in [6.07, 6.45) is -5.83. The fourth-order valence-electron chi connectivity index (χ4n) is 4.04. The van der Waals surface area contributed by atoms with E-state index in [-0.39, 0.29) is 24.1 Å². The Kier molecular flexibility index (Phi) is 10.2. The zero-order chi connectivity index (χ0) is 27.7. The van der Waals surface area contributed by atoms with Gasteiger partial charge in [-0.3, -0.25) is 4.79 Å². The molecule has 10 heteroatoms. The highest BCUT2D eigenvalue weighted by molar-refractivity contribution is 5.79. The van der Waals surface area contributed by atoms with Crippen LogP contribution in [-0.4, -0.2) is 36.1 Å². The molecular weight excluding hydrogens is 507 g/mol. The lowest BCUT2D eigenvalue weighted by molar-refractivity contribution is -0.274. The van der Waals surface area contributed by atoms with Gasteiger partial charge in [0.25, 0.3) is 0 Å². The first-order valence-electron chi connectivity index (χ1n) is 12.1. The van der Waals surface area contributed by atoms with Crippen LogP contribution in [0.15, 0.2) is 66.7 Å². The van der Waals surface area contributed by atoms with Crippen LogP contribution in [-0.2, 0) is 30.6 Å². The van der Waals surface area contributed by atoms with E-state index in [2.05, 4.69) is 15.4 Å². The molecule has 0 aliphatic heterocycles. The van der Waals surface area contributed by atoms with Gasteiger partial charge in [-0.05, 0) is 47.7 Å². The highest BCUT2D eigenvalue weighted by Crippen LogP contribution is 2.26. The summed E-state index contributed by atoms with van der Waals surface area (Å²) < 4.78 is 69.7. The standard InChI is InChI=1S/C28H29F5N2O3/c1-2-18-6-5-7-19(10-18)16-34-17-25(36)24(13-20-11-22(29)15-23(30)12-20)35-27(37)14-21-8-3-4-9-26(21)38-28(31,32)33/h3-12,15,24-25,34,36H,2,13-14,16-17H2,1H3,(H,35,37). The van der Waals surface area contributed by atoms with E-state index in [0.717, 1.165) is 35.7 Å². The molecule has 0 spiro atoms. The zero-order valence-corrected chi connectivity index (χ0v) is 20.7. The Balaban J connectivity index is 1.71. The summed E-state index contributed by atoms with van der Waals surface area (Å²) in [4.78, 5) is 12.8. The second kappa shape index (κ2) is 13.3. The van der Waals surface area contributed by atoms with Crippen molar-refractivity contribution in [2.24, 2.45) is 0 Å². The van der Waals surface area contributed by atoms with Crippen molar-refractivity contribution in [2.45, 2.75) is 51.2 Å². The Morgan fingerprint density at radius 2 is 1.63 bits per heavy atom.